The Hall–Kier alpha value is -3.29. The number of carbonyl (C=O) groups excluding carboxylic acids is 1. The Bertz CT molecular complexity index is 1190. The summed E-state index contributed by atoms with van der Waals surface area (Å²) >= 11 is 0. The molecular formula is C26H27F3N4O. The molecule has 0 saturated carbocycles. The van der Waals surface area contributed by atoms with E-state index in [1.165, 1.54) is 23.3 Å². The Balaban J connectivity index is 1.24. The average Bonchev–Trinajstić information content (AvgIpc) is 3.27. The molecular weight excluding hydrogens is 441 g/mol. The molecule has 1 saturated heterocycles. The highest BCUT2D eigenvalue weighted by atomic mass is 19.4. The fraction of sp³-hybridized carbons (Fsp3) is 0.385. The number of aromatic nitrogens is 2. The minimum Gasteiger partial charge on any atom is -0.368 e. The molecule has 5 rings (SSSR count). The molecule has 0 N–H and O–H groups in total. The van der Waals surface area contributed by atoms with E-state index in [1.807, 2.05) is 17.2 Å². The lowest BCUT2D eigenvalue weighted by Crippen LogP contribution is -2.49. The van der Waals surface area contributed by atoms with Gasteiger partial charge in [0.15, 0.2) is 0 Å². The lowest BCUT2D eigenvalue weighted by atomic mass is 9.89. The fourth-order valence-corrected chi connectivity index (χ4v) is 5.05. The van der Waals surface area contributed by atoms with Crippen LogP contribution >= 0.6 is 0 Å². The van der Waals surface area contributed by atoms with Crippen LogP contribution in [-0.2, 0) is 19.1 Å². The lowest BCUT2D eigenvalue weighted by Gasteiger charge is -2.36. The molecule has 3 aromatic rings. The van der Waals surface area contributed by atoms with Crippen molar-refractivity contribution in [2.75, 3.05) is 31.1 Å². The highest BCUT2D eigenvalue weighted by Gasteiger charge is 2.32. The van der Waals surface area contributed by atoms with Crippen LogP contribution in [0.4, 0.5) is 18.9 Å². The van der Waals surface area contributed by atoms with E-state index >= 15 is 0 Å². The first kappa shape index (κ1) is 22.5. The molecule has 1 atom stereocenters. The molecule has 0 bridgehead atoms. The molecule has 2 aromatic carbocycles. The van der Waals surface area contributed by atoms with Gasteiger partial charge < -0.3 is 14.4 Å². The third-order valence-corrected chi connectivity index (χ3v) is 6.95. The molecule has 0 aliphatic carbocycles. The summed E-state index contributed by atoms with van der Waals surface area (Å²) in [7, 11) is 0. The number of benzene rings is 2. The summed E-state index contributed by atoms with van der Waals surface area (Å²) in [6.45, 7) is 4.80. The maximum absolute atomic E-state index is 13.1. The maximum Gasteiger partial charge on any atom is 0.416 e. The van der Waals surface area contributed by atoms with Gasteiger partial charge in [-0.05, 0) is 42.7 Å². The third kappa shape index (κ3) is 4.41. The Morgan fingerprint density at radius 2 is 1.79 bits per heavy atom. The molecule has 0 spiro atoms. The van der Waals surface area contributed by atoms with E-state index in [0.717, 1.165) is 31.3 Å². The molecule has 5 nitrogen and oxygen atoms in total. The molecule has 1 amide bonds. The Morgan fingerprint density at radius 3 is 2.53 bits per heavy atom. The van der Waals surface area contributed by atoms with Gasteiger partial charge in [0.05, 0.1) is 5.56 Å². The molecule has 1 fully saturated rings. The summed E-state index contributed by atoms with van der Waals surface area (Å²) in [5.74, 6) is 1.23. The van der Waals surface area contributed by atoms with Crippen LogP contribution in [0.5, 0.6) is 0 Å². The van der Waals surface area contributed by atoms with Crippen LogP contribution in [0.1, 0.15) is 45.3 Å². The van der Waals surface area contributed by atoms with Crippen LogP contribution in [0.15, 0.2) is 54.7 Å². The van der Waals surface area contributed by atoms with Crippen molar-refractivity contribution >= 4 is 11.6 Å². The second-order valence-corrected chi connectivity index (χ2v) is 9.11. The number of nitrogens with zero attached hydrogens (tertiary/aromatic N) is 4. The first-order valence-corrected chi connectivity index (χ1v) is 11.6. The topological polar surface area (TPSA) is 41.4 Å². The van der Waals surface area contributed by atoms with E-state index in [9.17, 15) is 18.0 Å². The van der Waals surface area contributed by atoms with E-state index < -0.39 is 11.7 Å². The molecule has 178 valence electrons. The van der Waals surface area contributed by atoms with Crippen LogP contribution < -0.4 is 4.90 Å². The first-order valence-electron chi connectivity index (χ1n) is 11.6. The van der Waals surface area contributed by atoms with Crippen LogP contribution in [0.2, 0.25) is 0 Å². The fourth-order valence-electron chi connectivity index (χ4n) is 5.05. The average molecular weight is 469 g/mol. The smallest absolute Gasteiger partial charge is 0.368 e. The zero-order chi connectivity index (χ0) is 23.9. The SMILES string of the molecule is Cc1ccccc1[C@@H]1CCc2nc(C(=O)N3CCN(c4cccc(C(F)(F)F)c4)CC3)cn2C1. The van der Waals surface area contributed by atoms with Gasteiger partial charge in [-0.15, -0.1) is 0 Å². The number of amides is 1. The predicted octanol–water partition coefficient (Wildman–Crippen LogP) is 4.90. The summed E-state index contributed by atoms with van der Waals surface area (Å²) < 4.78 is 41.2. The molecule has 8 heteroatoms. The number of alkyl halides is 3. The molecule has 1 aromatic heterocycles. The summed E-state index contributed by atoms with van der Waals surface area (Å²) in [5.41, 5.74) is 2.96. The molecule has 3 heterocycles. The Labute approximate surface area is 196 Å². The number of fused-ring (bicyclic) bond motifs is 1. The van der Waals surface area contributed by atoms with Crippen molar-refractivity contribution in [2.24, 2.45) is 0 Å². The van der Waals surface area contributed by atoms with Gasteiger partial charge in [-0.3, -0.25) is 4.79 Å². The minimum atomic E-state index is -4.37. The van der Waals surface area contributed by atoms with E-state index in [4.69, 9.17) is 0 Å². The maximum atomic E-state index is 13.1. The van der Waals surface area contributed by atoms with Crippen molar-refractivity contribution in [3.8, 4) is 0 Å². The van der Waals surface area contributed by atoms with Crippen LogP contribution in [-0.4, -0.2) is 46.5 Å². The highest BCUT2D eigenvalue weighted by molar-refractivity contribution is 5.92. The van der Waals surface area contributed by atoms with Crippen molar-refractivity contribution in [1.29, 1.82) is 0 Å². The van der Waals surface area contributed by atoms with Gasteiger partial charge in [-0.25, -0.2) is 4.98 Å². The predicted molar refractivity (Wildman–Crippen MR) is 124 cm³/mol. The Morgan fingerprint density at radius 1 is 1.03 bits per heavy atom. The molecule has 0 radical (unpaired) electrons. The number of rotatable bonds is 3. The zero-order valence-corrected chi connectivity index (χ0v) is 19.1. The molecule has 2 aliphatic rings. The van der Waals surface area contributed by atoms with Crippen molar-refractivity contribution in [2.45, 2.75) is 38.4 Å². The normalized spacial score (nSPS) is 18.6. The molecule has 0 unspecified atom stereocenters. The largest absolute Gasteiger partial charge is 0.416 e. The van der Waals surface area contributed by atoms with Crippen LogP contribution in [0, 0.1) is 6.92 Å². The number of piperazine rings is 1. The van der Waals surface area contributed by atoms with Crippen molar-refractivity contribution < 1.29 is 18.0 Å². The summed E-state index contributed by atoms with van der Waals surface area (Å²) in [6, 6.07) is 13.8. The number of anilines is 1. The number of hydrogen-bond donors (Lipinski definition) is 0. The van der Waals surface area contributed by atoms with E-state index in [1.54, 1.807) is 11.0 Å². The number of halogens is 3. The summed E-state index contributed by atoms with van der Waals surface area (Å²) in [6.07, 6.45) is -0.672. The van der Waals surface area contributed by atoms with Crippen LogP contribution in [0.3, 0.4) is 0 Å². The quantitative estimate of drug-likeness (QED) is 0.549. The van der Waals surface area contributed by atoms with Crippen molar-refractivity contribution in [1.82, 2.24) is 14.5 Å². The summed E-state index contributed by atoms with van der Waals surface area (Å²) in [4.78, 5) is 21.4. The van der Waals surface area contributed by atoms with Gasteiger partial charge >= 0.3 is 6.18 Å². The van der Waals surface area contributed by atoms with E-state index in [2.05, 4.69) is 34.7 Å². The number of carbonyl (C=O) groups is 1. The highest BCUT2D eigenvalue weighted by Crippen LogP contribution is 2.33. The summed E-state index contributed by atoms with van der Waals surface area (Å²) in [5, 5.41) is 0. The van der Waals surface area contributed by atoms with Crippen LogP contribution in [0.25, 0.3) is 0 Å². The first-order chi connectivity index (χ1) is 16.3. The van der Waals surface area contributed by atoms with Gasteiger partial charge in [-0.1, -0.05) is 30.3 Å². The molecule has 34 heavy (non-hydrogen) atoms. The lowest BCUT2D eigenvalue weighted by molar-refractivity contribution is -0.137. The van der Waals surface area contributed by atoms with Gasteiger partial charge in [0.2, 0.25) is 0 Å². The molecule has 2 aliphatic heterocycles. The number of hydrogen-bond acceptors (Lipinski definition) is 3. The van der Waals surface area contributed by atoms with Gasteiger partial charge in [0, 0.05) is 56.9 Å². The standard InChI is InChI=1S/C26H27F3N4O/c1-18-5-2-3-8-22(18)19-9-10-24-30-23(17-33(24)16-19)25(34)32-13-11-31(12-14-32)21-7-4-6-20(15-21)26(27,28)29/h2-8,15,17,19H,9-14,16H2,1H3/t19-/m1/s1. The van der Waals surface area contributed by atoms with Crippen molar-refractivity contribution in [3.05, 3.63) is 82.9 Å². The minimum absolute atomic E-state index is 0.113. The van der Waals surface area contributed by atoms with Gasteiger partial charge in [0.1, 0.15) is 11.5 Å². The second kappa shape index (κ2) is 8.81. The second-order valence-electron chi connectivity index (χ2n) is 9.11. The van der Waals surface area contributed by atoms with Gasteiger partial charge in [-0.2, -0.15) is 13.2 Å². The van der Waals surface area contributed by atoms with E-state index in [-0.39, 0.29) is 5.91 Å². The van der Waals surface area contributed by atoms with Crippen molar-refractivity contribution in [3.63, 3.8) is 0 Å². The zero-order valence-electron chi connectivity index (χ0n) is 19.1. The van der Waals surface area contributed by atoms with E-state index in [0.29, 0.717) is 43.5 Å². The number of aryl methyl sites for hydroxylation is 2. The third-order valence-electron chi connectivity index (χ3n) is 6.95. The van der Waals surface area contributed by atoms with Gasteiger partial charge in [0.25, 0.3) is 5.91 Å². The number of imidazole rings is 1. The monoisotopic (exact) mass is 468 g/mol. The Kier molecular flexibility index (Phi) is 5.83.